The maximum absolute atomic E-state index is 4.19. The van der Waals surface area contributed by atoms with Crippen LogP contribution in [-0.4, -0.2) is 31.7 Å². The standard InChI is InChI=1S/C15H21N5/c1-15(2,3)20-14(16-17-18-20)11-19-9-8-12-6-4-5-7-13(12)10-19/h4-7H,8-11H2,1-3H3. The lowest BCUT2D eigenvalue weighted by Crippen LogP contribution is -2.33. The number of benzene rings is 1. The molecule has 0 saturated carbocycles. The van der Waals surface area contributed by atoms with Crippen LogP contribution in [0.15, 0.2) is 24.3 Å². The zero-order valence-electron chi connectivity index (χ0n) is 12.4. The summed E-state index contributed by atoms with van der Waals surface area (Å²) in [5.41, 5.74) is 2.82. The zero-order valence-corrected chi connectivity index (χ0v) is 12.4. The molecular weight excluding hydrogens is 250 g/mol. The minimum Gasteiger partial charge on any atom is -0.291 e. The fourth-order valence-electron chi connectivity index (χ4n) is 2.71. The predicted octanol–water partition coefficient (Wildman–Crippen LogP) is 1.99. The molecule has 5 heteroatoms. The Morgan fingerprint density at radius 2 is 1.90 bits per heavy atom. The van der Waals surface area contributed by atoms with E-state index in [0.29, 0.717) is 0 Å². The Bertz CT molecular complexity index is 596. The molecule has 0 amide bonds. The van der Waals surface area contributed by atoms with E-state index in [9.17, 15) is 0 Å². The van der Waals surface area contributed by atoms with Crippen LogP contribution in [0.1, 0.15) is 37.7 Å². The van der Waals surface area contributed by atoms with Gasteiger partial charge in [0.2, 0.25) is 0 Å². The van der Waals surface area contributed by atoms with E-state index < -0.39 is 0 Å². The van der Waals surface area contributed by atoms with Gasteiger partial charge < -0.3 is 0 Å². The van der Waals surface area contributed by atoms with Crippen molar-refractivity contribution in [3.05, 3.63) is 41.2 Å². The summed E-state index contributed by atoms with van der Waals surface area (Å²) < 4.78 is 1.92. The van der Waals surface area contributed by atoms with Crippen molar-refractivity contribution in [1.82, 2.24) is 25.1 Å². The highest BCUT2D eigenvalue weighted by Crippen LogP contribution is 2.21. The molecule has 0 radical (unpaired) electrons. The molecule has 1 aromatic carbocycles. The molecule has 0 N–H and O–H groups in total. The lowest BCUT2D eigenvalue weighted by Gasteiger charge is -2.29. The number of tetrazole rings is 1. The van der Waals surface area contributed by atoms with Gasteiger partial charge in [-0.05, 0) is 48.7 Å². The second-order valence-electron chi connectivity index (χ2n) is 6.41. The average molecular weight is 271 g/mol. The SMILES string of the molecule is CC(C)(C)n1nnnc1CN1CCc2ccccc2C1. The summed E-state index contributed by atoms with van der Waals surface area (Å²) in [4.78, 5) is 2.41. The molecule has 0 atom stereocenters. The van der Waals surface area contributed by atoms with E-state index in [4.69, 9.17) is 0 Å². The molecule has 0 fully saturated rings. The van der Waals surface area contributed by atoms with Gasteiger partial charge in [-0.25, -0.2) is 4.68 Å². The molecule has 0 bridgehead atoms. The summed E-state index contributed by atoms with van der Waals surface area (Å²) in [6.45, 7) is 9.22. The number of rotatable bonds is 2. The van der Waals surface area contributed by atoms with Crippen molar-refractivity contribution in [1.29, 1.82) is 0 Å². The fourth-order valence-corrected chi connectivity index (χ4v) is 2.71. The molecular formula is C15H21N5. The molecule has 0 spiro atoms. The molecule has 1 aliphatic heterocycles. The molecule has 20 heavy (non-hydrogen) atoms. The monoisotopic (exact) mass is 271 g/mol. The normalized spacial score (nSPS) is 16.1. The van der Waals surface area contributed by atoms with Crippen LogP contribution in [0.3, 0.4) is 0 Å². The summed E-state index contributed by atoms with van der Waals surface area (Å²) in [5, 5.41) is 12.2. The molecule has 5 nitrogen and oxygen atoms in total. The van der Waals surface area contributed by atoms with Crippen LogP contribution in [0.2, 0.25) is 0 Å². The lowest BCUT2D eigenvalue weighted by molar-refractivity contribution is 0.223. The van der Waals surface area contributed by atoms with Gasteiger partial charge in [0.1, 0.15) is 0 Å². The number of fused-ring (bicyclic) bond motifs is 1. The van der Waals surface area contributed by atoms with Crippen molar-refractivity contribution in [3.8, 4) is 0 Å². The van der Waals surface area contributed by atoms with Crippen LogP contribution >= 0.6 is 0 Å². The van der Waals surface area contributed by atoms with Gasteiger partial charge >= 0.3 is 0 Å². The van der Waals surface area contributed by atoms with E-state index in [1.807, 2.05) is 4.68 Å². The Morgan fingerprint density at radius 1 is 1.15 bits per heavy atom. The van der Waals surface area contributed by atoms with Gasteiger partial charge in [0.05, 0.1) is 12.1 Å². The van der Waals surface area contributed by atoms with Crippen LogP contribution in [0.25, 0.3) is 0 Å². The van der Waals surface area contributed by atoms with E-state index >= 15 is 0 Å². The third-order valence-electron chi connectivity index (χ3n) is 3.74. The summed E-state index contributed by atoms with van der Waals surface area (Å²) in [6.07, 6.45) is 1.10. The molecule has 1 aromatic heterocycles. The fraction of sp³-hybridized carbons (Fsp3) is 0.533. The first kappa shape index (κ1) is 13.2. The first-order valence-corrected chi connectivity index (χ1v) is 7.11. The highest BCUT2D eigenvalue weighted by atomic mass is 15.6. The van der Waals surface area contributed by atoms with Gasteiger partial charge in [-0.15, -0.1) is 5.10 Å². The van der Waals surface area contributed by atoms with Crippen molar-refractivity contribution in [3.63, 3.8) is 0 Å². The predicted molar refractivity (Wildman–Crippen MR) is 77.1 cm³/mol. The van der Waals surface area contributed by atoms with E-state index in [-0.39, 0.29) is 5.54 Å². The highest BCUT2D eigenvalue weighted by Gasteiger charge is 2.23. The number of nitrogens with zero attached hydrogens (tertiary/aromatic N) is 5. The average Bonchev–Trinajstić information content (AvgIpc) is 2.87. The van der Waals surface area contributed by atoms with Gasteiger partial charge in [-0.3, -0.25) is 4.90 Å². The molecule has 0 saturated heterocycles. The van der Waals surface area contributed by atoms with E-state index in [1.165, 1.54) is 11.1 Å². The Labute approximate surface area is 119 Å². The third-order valence-corrected chi connectivity index (χ3v) is 3.74. The van der Waals surface area contributed by atoms with Crippen molar-refractivity contribution >= 4 is 0 Å². The smallest absolute Gasteiger partial charge is 0.165 e. The van der Waals surface area contributed by atoms with E-state index in [1.54, 1.807) is 0 Å². The maximum atomic E-state index is 4.19. The largest absolute Gasteiger partial charge is 0.291 e. The molecule has 1 aliphatic rings. The quantitative estimate of drug-likeness (QED) is 0.838. The van der Waals surface area contributed by atoms with Crippen LogP contribution in [-0.2, 0) is 25.0 Å². The first-order chi connectivity index (χ1) is 9.54. The number of aromatic nitrogens is 4. The van der Waals surface area contributed by atoms with Crippen molar-refractivity contribution in [2.45, 2.75) is 45.8 Å². The minimum absolute atomic E-state index is 0.0769. The Kier molecular flexibility index (Phi) is 3.30. The van der Waals surface area contributed by atoms with Crippen LogP contribution in [0.4, 0.5) is 0 Å². The molecule has 0 unspecified atom stereocenters. The molecule has 106 valence electrons. The van der Waals surface area contributed by atoms with Crippen LogP contribution in [0, 0.1) is 0 Å². The Balaban J connectivity index is 1.76. The summed E-state index contributed by atoms with van der Waals surface area (Å²) in [6, 6.07) is 8.68. The molecule has 0 aliphatic carbocycles. The van der Waals surface area contributed by atoms with Crippen molar-refractivity contribution in [2.24, 2.45) is 0 Å². The van der Waals surface area contributed by atoms with Gasteiger partial charge in [-0.2, -0.15) is 0 Å². The molecule has 2 heterocycles. The van der Waals surface area contributed by atoms with E-state index in [0.717, 1.165) is 31.9 Å². The van der Waals surface area contributed by atoms with Gasteiger partial charge in [0.25, 0.3) is 0 Å². The van der Waals surface area contributed by atoms with Crippen molar-refractivity contribution < 1.29 is 0 Å². The molecule has 3 rings (SSSR count). The number of hydrogen-bond donors (Lipinski definition) is 0. The maximum Gasteiger partial charge on any atom is 0.165 e. The summed E-state index contributed by atoms with van der Waals surface area (Å²) >= 11 is 0. The van der Waals surface area contributed by atoms with Gasteiger partial charge in [-0.1, -0.05) is 24.3 Å². The second-order valence-corrected chi connectivity index (χ2v) is 6.41. The van der Waals surface area contributed by atoms with Crippen LogP contribution < -0.4 is 0 Å². The summed E-state index contributed by atoms with van der Waals surface area (Å²) in [5.74, 6) is 0.942. The topological polar surface area (TPSA) is 46.8 Å². The van der Waals surface area contributed by atoms with E-state index in [2.05, 4.69) is 65.5 Å². The summed E-state index contributed by atoms with van der Waals surface area (Å²) in [7, 11) is 0. The third kappa shape index (κ3) is 2.58. The highest BCUT2D eigenvalue weighted by molar-refractivity contribution is 5.29. The zero-order chi connectivity index (χ0) is 14.2. The Hall–Kier alpha value is -1.75. The Morgan fingerprint density at radius 3 is 2.65 bits per heavy atom. The second kappa shape index (κ2) is 4.98. The van der Waals surface area contributed by atoms with Gasteiger partial charge in [0.15, 0.2) is 5.82 Å². The lowest BCUT2D eigenvalue weighted by atomic mass is 10.00. The number of hydrogen-bond acceptors (Lipinski definition) is 4. The van der Waals surface area contributed by atoms with Crippen molar-refractivity contribution in [2.75, 3.05) is 6.54 Å². The van der Waals surface area contributed by atoms with Crippen LogP contribution in [0.5, 0.6) is 0 Å². The van der Waals surface area contributed by atoms with Gasteiger partial charge in [0, 0.05) is 13.1 Å². The minimum atomic E-state index is -0.0769. The molecule has 2 aromatic rings. The first-order valence-electron chi connectivity index (χ1n) is 7.11.